The number of carbonyl (C=O) groups is 1. The van der Waals surface area contributed by atoms with Crippen LogP contribution < -0.4 is 0 Å². The van der Waals surface area contributed by atoms with Crippen LogP contribution in [0, 0.1) is 5.82 Å². The zero-order chi connectivity index (χ0) is 16.3. The lowest BCUT2D eigenvalue weighted by atomic mass is 10.0. The van der Waals surface area contributed by atoms with Gasteiger partial charge in [0.1, 0.15) is 23.6 Å². The molecule has 0 spiro atoms. The largest absolute Gasteiger partial charge is 0.444 e. The fraction of sp³-hybridized carbons (Fsp3) is 0.562. The van der Waals surface area contributed by atoms with Crippen LogP contribution in [0.25, 0.3) is 0 Å². The summed E-state index contributed by atoms with van der Waals surface area (Å²) in [7, 11) is 0. The summed E-state index contributed by atoms with van der Waals surface area (Å²) < 4.78 is 24.1. The van der Waals surface area contributed by atoms with Crippen LogP contribution in [0.5, 0.6) is 0 Å². The number of halogens is 1. The van der Waals surface area contributed by atoms with Gasteiger partial charge in [0, 0.05) is 6.54 Å². The molecule has 1 aliphatic rings. The Bertz CT molecular complexity index is 529. The van der Waals surface area contributed by atoms with Gasteiger partial charge in [-0.15, -0.1) is 0 Å². The zero-order valence-corrected chi connectivity index (χ0v) is 13.1. The molecule has 6 heteroatoms. The van der Waals surface area contributed by atoms with Gasteiger partial charge in [0.05, 0.1) is 13.2 Å². The fourth-order valence-electron chi connectivity index (χ4n) is 2.26. The van der Waals surface area contributed by atoms with Crippen molar-refractivity contribution in [2.75, 3.05) is 19.7 Å². The van der Waals surface area contributed by atoms with E-state index < -0.39 is 29.7 Å². The molecule has 122 valence electrons. The van der Waals surface area contributed by atoms with E-state index in [1.54, 1.807) is 26.8 Å². The van der Waals surface area contributed by atoms with E-state index in [0.717, 1.165) is 0 Å². The maximum Gasteiger partial charge on any atom is 0.410 e. The molecule has 2 atom stereocenters. The van der Waals surface area contributed by atoms with E-state index in [9.17, 15) is 14.3 Å². The molecule has 0 saturated carbocycles. The van der Waals surface area contributed by atoms with E-state index >= 15 is 0 Å². The number of ether oxygens (including phenoxy) is 2. The number of rotatable bonds is 2. The lowest BCUT2D eigenvalue weighted by Gasteiger charge is -2.36. The molecule has 1 N–H and O–H groups in total. The van der Waals surface area contributed by atoms with Crippen molar-refractivity contribution in [1.82, 2.24) is 4.90 Å². The first kappa shape index (κ1) is 16.7. The molecule has 5 nitrogen and oxygen atoms in total. The van der Waals surface area contributed by atoms with Crippen LogP contribution in [0.4, 0.5) is 9.18 Å². The van der Waals surface area contributed by atoms with Gasteiger partial charge in [-0.3, -0.25) is 0 Å². The summed E-state index contributed by atoms with van der Waals surface area (Å²) >= 11 is 0. The summed E-state index contributed by atoms with van der Waals surface area (Å²) in [4.78, 5) is 13.6. The predicted molar refractivity (Wildman–Crippen MR) is 78.9 cm³/mol. The van der Waals surface area contributed by atoms with Crippen molar-refractivity contribution in [2.45, 2.75) is 38.6 Å². The second-order valence-corrected chi connectivity index (χ2v) is 6.34. The van der Waals surface area contributed by atoms with E-state index in [4.69, 9.17) is 9.47 Å². The number of benzene rings is 1. The first-order valence-corrected chi connectivity index (χ1v) is 7.29. The van der Waals surface area contributed by atoms with E-state index in [1.165, 1.54) is 23.1 Å². The first-order chi connectivity index (χ1) is 10.3. The highest BCUT2D eigenvalue weighted by Gasteiger charge is 2.32. The molecule has 22 heavy (non-hydrogen) atoms. The van der Waals surface area contributed by atoms with Crippen molar-refractivity contribution < 1.29 is 23.8 Å². The molecule has 0 radical (unpaired) electrons. The van der Waals surface area contributed by atoms with Gasteiger partial charge in [-0.1, -0.05) is 12.1 Å². The van der Waals surface area contributed by atoms with Crippen molar-refractivity contribution in [1.29, 1.82) is 0 Å². The molecule has 2 rings (SSSR count). The Morgan fingerprint density at radius 2 is 2.23 bits per heavy atom. The predicted octanol–water partition coefficient (Wildman–Crippen LogP) is 2.50. The van der Waals surface area contributed by atoms with Gasteiger partial charge in [-0.2, -0.15) is 0 Å². The molecule has 1 fully saturated rings. The van der Waals surface area contributed by atoms with Crippen LogP contribution in [-0.4, -0.2) is 47.5 Å². The summed E-state index contributed by atoms with van der Waals surface area (Å²) in [5, 5.41) is 10.3. The molecule has 1 saturated heterocycles. The minimum absolute atomic E-state index is 0.201. The highest BCUT2D eigenvalue weighted by Crippen LogP contribution is 2.23. The molecule has 1 heterocycles. The van der Waals surface area contributed by atoms with Gasteiger partial charge < -0.3 is 19.5 Å². The molecular formula is C16H22FNO4. The second-order valence-electron chi connectivity index (χ2n) is 6.34. The average Bonchev–Trinajstić information content (AvgIpc) is 2.45. The van der Waals surface area contributed by atoms with E-state index in [0.29, 0.717) is 18.7 Å². The van der Waals surface area contributed by atoms with Crippen LogP contribution in [0.3, 0.4) is 0 Å². The molecular weight excluding hydrogens is 289 g/mol. The van der Waals surface area contributed by atoms with E-state index in [1.807, 2.05) is 0 Å². The van der Waals surface area contributed by atoms with Gasteiger partial charge in [0.2, 0.25) is 0 Å². The monoisotopic (exact) mass is 311 g/mol. The Hall–Kier alpha value is -1.66. The molecule has 1 aromatic rings. The molecule has 0 aliphatic carbocycles. The fourth-order valence-corrected chi connectivity index (χ4v) is 2.26. The van der Waals surface area contributed by atoms with Gasteiger partial charge in [-0.05, 0) is 38.5 Å². The zero-order valence-electron chi connectivity index (χ0n) is 13.1. The lowest BCUT2D eigenvalue weighted by Crippen LogP contribution is -2.49. The van der Waals surface area contributed by atoms with Gasteiger partial charge in [0.25, 0.3) is 0 Å². The minimum atomic E-state index is -0.999. The van der Waals surface area contributed by atoms with Crippen molar-refractivity contribution >= 4 is 6.09 Å². The lowest BCUT2D eigenvalue weighted by molar-refractivity contribution is -0.0908. The topological polar surface area (TPSA) is 59.0 Å². The van der Waals surface area contributed by atoms with E-state index in [-0.39, 0.29) is 6.54 Å². The third-order valence-corrected chi connectivity index (χ3v) is 3.29. The minimum Gasteiger partial charge on any atom is -0.444 e. The maximum absolute atomic E-state index is 13.2. The van der Waals surface area contributed by atoms with E-state index in [2.05, 4.69) is 0 Å². The highest BCUT2D eigenvalue weighted by molar-refractivity contribution is 5.68. The Labute approximate surface area is 129 Å². The summed E-state index contributed by atoms with van der Waals surface area (Å²) in [6.45, 7) is 6.30. The van der Waals surface area contributed by atoms with Gasteiger partial charge >= 0.3 is 6.09 Å². The first-order valence-electron chi connectivity index (χ1n) is 7.29. The molecule has 0 bridgehead atoms. The standard InChI is InChI=1S/C16H22FNO4/c1-16(2,3)22-15(20)18-7-8-21-13(10-18)14(19)11-5-4-6-12(17)9-11/h4-6,9,13-14,19H,7-8,10H2,1-3H3/t13-,14-/m1/s1. The van der Waals surface area contributed by atoms with Crippen molar-refractivity contribution in [2.24, 2.45) is 0 Å². The quantitative estimate of drug-likeness (QED) is 0.911. The number of hydrogen-bond acceptors (Lipinski definition) is 4. The average molecular weight is 311 g/mol. The number of nitrogens with zero attached hydrogens (tertiary/aromatic N) is 1. The van der Waals surface area contributed by atoms with Crippen LogP contribution in [0.15, 0.2) is 24.3 Å². The third kappa shape index (κ3) is 4.42. The van der Waals surface area contributed by atoms with Crippen LogP contribution in [0.2, 0.25) is 0 Å². The smallest absolute Gasteiger partial charge is 0.410 e. The normalized spacial score (nSPS) is 20.6. The Morgan fingerprint density at radius 1 is 1.50 bits per heavy atom. The molecule has 1 aromatic carbocycles. The molecule has 0 unspecified atom stereocenters. The Balaban J connectivity index is 2.02. The van der Waals surface area contributed by atoms with Crippen molar-refractivity contribution in [3.05, 3.63) is 35.6 Å². The molecule has 1 aliphatic heterocycles. The Morgan fingerprint density at radius 3 is 2.86 bits per heavy atom. The number of aliphatic hydroxyl groups is 1. The van der Waals surface area contributed by atoms with Crippen LogP contribution in [0.1, 0.15) is 32.4 Å². The SMILES string of the molecule is CC(C)(C)OC(=O)N1CCO[C@@H]([C@H](O)c2cccc(F)c2)C1. The number of aliphatic hydroxyl groups excluding tert-OH is 1. The van der Waals surface area contributed by atoms with Crippen LogP contribution in [-0.2, 0) is 9.47 Å². The number of hydrogen-bond donors (Lipinski definition) is 1. The molecule has 0 aromatic heterocycles. The third-order valence-electron chi connectivity index (χ3n) is 3.29. The number of amides is 1. The summed E-state index contributed by atoms with van der Waals surface area (Å²) in [6.07, 6.45) is -2.05. The number of morpholine rings is 1. The number of carbonyl (C=O) groups excluding carboxylic acids is 1. The van der Waals surface area contributed by atoms with Gasteiger partial charge in [0.15, 0.2) is 0 Å². The van der Waals surface area contributed by atoms with Crippen molar-refractivity contribution in [3.8, 4) is 0 Å². The molecule has 1 amide bonds. The second kappa shape index (κ2) is 6.62. The highest BCUT2D eigenvalue weighted by atomic mass is 19.1. The van der Waals surface area contributed by atoms with Crippen LogP contribution >= 0.6 is 0 Å². The summed E-state index contributed by atoms with van der Waals surface area (Å²) in [5.74, 6) is -0.420. The Kier molecular flexibility index (Phi) is 5.03. The maximum atomic E-state index is 13.2. The summed E-state index contributed by atoms with van der Waals surface area (Å²) in [5.41, 5.74) is -0.150. The van der Waals surface area contributed by atoms with Crippen molar-refractivity contribution in [3.63, 3.8) is 0 Å². The summed E-state index contributed by atoms with van der Waals surface area (Å²) in [6, 6.07) is 5.73. The van der Waals surface area contributed by atoms with Gasteiger partial charge in [-0.25, -0.2) is 9.18 Å².